The van der Waals surface area contributed by atoms with Gasteiger partial charge in [-0.2, -0.15) is 0 Å². The Kier molecular flexibility index (Phi) is 7.21. The quantitative estimate of drug-likeness (QED) is 0.435. The van der Waals surface area contributed by atoms with Crippen LogP contribution in [0.1, 0.15) is 35.1 Å². The van der Waals surface area contributed by atoms with Crippen LogP contribution in [0.3, 0.4) is 0 Å². The van der Waals surface area contributed by atoms with Crippen molar-refractivity contribution in [2.45, 2.75) is 46.3 Å². The third-order valence-corrected chi connectivity index (χ3v) is 5.27. The maximum Gasteiger partial charge on any atom is 0.339 e. The number of benzene rings is 2. The number of aryl methyl sites for hydroxylation is 1. The van der Waals surface area contributed by atoms with Gasteiger partial charge in [0, 0.05) is 30.0 Å². The molecule has 0 aliphatic heterocycles. The van der Waals surface area contributed by atoms with Crippen molar-refractivity contribution in [3.63, 3.8) is 0 Å². The van der Waals surface area contributed by atoms with E-state index < -0.39 is 6.43 Å². The topological polar surface area (TPSA) is 42.7 Å². The molecule has 0 radical (unpaired) electrons. The second kappa shape index (κ2) is 9.85. The van der Waals surface area contributed by atoms with E-state index >= 15 is 0 Å². The molecule has 0 bridgehead atoms. The van der Waals surface area contributed by atoms with Crippen LogP contribution in [0.25, 0.3) is 11.0 Å². The first-order valence-corrected chi connectivity index (χ1v) is 10.0. The van der Waals surface area contributed by atoms with E-state index in [9.17, 15) is 13.6 Å². The van der Waals surface area contributed by atoms with E-state index in [-0.39, 0.29) is 12.0 Å². The largest absolute Gasteiger partial charge is 0.489 e. The number of hydrogen-bond acceptors (Lipinski definition) is 4. The third-order valence-electron chi connectivity index (χ3n) is 5.27. The molecule has 0 aliphatic carbocycles. The molecule has 0 saturated heterocycles. The number of hydrogen-bond donors (Lipinski definition) is 0. The SMILES string of the molecule is Cc1c(C)c2ccc(OCc3ccc(CN(C)CCCC(F)F)cc3)cc2oc1=O. The minimum Gasteiger partial charge on any atom is -0.489 e. The van der Waals surface area contributed by atoms with E-state index in [4.69, 9.17) is 9.15 Å². The first kappa shape index (κ1) is 22.0. The summed E-state index contributed by atoms with van der Waals surface area (Å²) in [5.74, 6) is 0.636. The minimum atomic E-state index is -2.23. The molecule has 2 aromatic carbocycles. The van der Waals surface area contributed by atoms with Gasteiger partial charge < -0.3 is 14.1 Å². The van der Waals surface area contributed by atoms with Gasteiger partial charge in [-0.3, -0.25) is 0 Å². The molecule has 160 valence electrons. The predicted molar refractivity (Wildman–Crippen MR) is 114 cm³/mol. The summed E-state index contributed by atoms with van der Waals surface area (Å²) in [6.07, 6.45) is -1.80. The van der Waals surface area contributed by atoms with E-state index in [1.54, 1.807) is 13.0 Å². The average Bonchev–Trinajstić information content (AvgIpc) is 2.71. The lowest BCUT2D eigenvalue weighted by Crippen LogP contribution is -2.19. The van der Waals surface area contributed by atoms with Crippen molar-refractivity contribution in [1.82, 2.24) is 4.90 Å². The van der Waals surface area contributed by atoms with E-state index in [0.29, 0.717) is 43.0 Å². The fraction of sp³-hybridized carbons (Fsp3) is 0.375. The van der Waals surface area contributed by atoms with Crippen LogP contribution >= 0.6 is 0 Å². The molecule has 1 aromatic heterocycles. The van der Waals surface area contributed by atoms with Crippen molar-refractivity contribution in [3.05, 3.63) is 75.1 Å². The van der Waals surface area contributed by atoms with E-state index in [1.807, 2.05) is 55.3 Å². The third kappa shape index (κ3) is 5.66. The van der Waals surface area contributed by atoms with Gasteiger partial charge in [0.15, 0.2) is 0 Å². The zero-order valence-electron chi connectivity index (χ0n) is 17.6. The maximum atomic E-state index is 12.2. The molecule has 0 amide bonds. The highest BCUT2D eigenvalue weighted by molar-refractivity contribution is 5.82. The van der Waals surface area contributed by atoms with Crippen molar-refractivity contribution in [3.8, 4) is 5.75 Å². The highest BCUT2D eigenvalue weighted by Gasteiger charge is 2.09. The van der Waals surface area contributed by atoms with Crippen LogP contribution in [0, 0.1) is 13.8 Å². The van der Waals surface area contributed by atoms with E-state index in [0.717, 1.165) is 22.1 Å². The molecular formula is C24H27F2NO3. The molecule has 0 saturated carbocycles. The van der Waals surface area contributed by atoms with Gasteiger partial charge in [0.2, 0.25) is 6.43 Å². The molecule has 0 N–H and O–H groups in total. The summed E-state index contributed by atoms with van der Waals surface area (Å²) in [5, 5.41) is 0.904. The molecular weight excluding hydrogens is 388 g/mol. The molecule has 30 heavy (non-hydrogen) atoms. The van der Waals surface area contributed by atoms with Crippen molar-refractivity contribution < 1.29 is 17.9 Å². The molecule has 0 atom stereocenters. The molecule has 0 aliphatic rings. The van der Waals surface area contributed by atoms with Gasteiger partial charge in [0.05, 0.1) is 0 Å². The fourth-order valence-electron chi connectivity index (χ4n) is 3.33. The lowest BCUT2D eigenvalue weighted by molar-refractivity contribution is 0.129. The van der Waals surface area contributed by atoms with Crippen molar-refractivity contribution >= 4 is 11.0 Å². The lowest BCUT2D eigenvalue weighted by atomic mass is 10.1. The Hall–Kier alpha value is -2.73. The predicted octanol–water partition coefficient (Wildman–Crippen LogP) is 5.47. The Balaban J connectivity index is 1.57. The summed E-state index contributed by atoms with van der Waals surface area (Å²) < 4.78 is 35.7. The normalized spacial score (nSPS) is 11.6. The summed E-state index contributed by atoms with van der Waals surface area (Å²) in [4.78, 5) is 13.9. The summed E-state index contributed by atoms with van der Waals surface area (Å²) in [5.41, 5.74) is 3.87. The fourth-order valence-corrected chi connectivity index (χ4v) is 3.33. The monoisotopic (exact) mass is 415 g/mol. The minimum absolute atomic E-state index is 0.0576. The molecule has 0 fully saturated rings. The number of alkyl halides is 2. The van der Waals surface area contributed by atoms with Gasteiger partial charge in [-0.1, -0.05) is 24.3 Å². The number of rotatable bonds is 9. The van der Waals surface area contributed by atoms with Crippen LogP contribution < -0.4 is 10.4 Å². The zero-order valence-corrected chi connectivity index (χ0v) is 17.6. The van der Waals surface area contributed by atoms with Crippen LogP contribution in [-0.2, 0) is 13.2 Å². The number of halogens is 2. The van der Waals surface area contributed by atoms with Gasteiger partial charge >= 0.3 is 5.63 Å². The Morgan fingerprint density at radius 1 is 1.03 bits per heavy atom. The van der Waals surface area contributed by atoms with Crippen LogP contribution in [0.15, 0.2) is 51.7 Å². The Morgan fingerprint density at radius 2 is 1.73 bits per heavy atom. The van der Waals surface area contributed by atoms with Crippen LogP contribution in [0.4, 0.5) is 8.78 Å². The molecule has 0 spiro atoms. The second-order valence-corrected chi connectivity index (χ2v) is 7.67. The summed E-state index contributed by atoms with van der Waals surface area (Å²) >= 11 is 0. The van der Waals surface area contributed by atoms with E-state index in [2.05, 4.69) is 0 Å². The Labute approximate surface area is 175 Å². The molecule has 0 unspecified atom stereocenters. The summed E-state index contributed by atoms with van der Waals surface area (Å²) in [7, 11) is 1.93. The first-order valence-electron chi connectivity index (χ1n) is 10.0. The lowest BCUT2D eigenvalue weighted by Gasteiger charge is -2.16. The standard InChI is InChI=1S/C24H27F2NO3/c1-16-17(2)24(28)30-22-13-20(10-11-21(16)22)29-15-19-8-6-18(7-9-19)14-27(3)12-4-5-23(25)26/h6-11,13,23H,4-5,12,14-15H2,1-3H3. The number of nitrogens with zero attached hydrogens (tertiary/aromatic N) is 1. The highest BCUT2D eigenvalue weighted by Crippen LogP contribution is 2.24. The average molecular weight is 415 g/mol. The summed E-state index contributed by atoms with van der Waals surface area (Å²) in [6, 6.07) is 13.6. The van der Waals surface area contributed by atoms with Crippen LogP contribution in [-0.4, -0.2) is 24.9 Å². The van der Waals surface area contributed by atoms with Gasteiger partial charge in [-0.25, -0.2) is 13.6 Å². The van der Waals surface area contributed by atoms with E-state index in [1.165, 1.54) is 0 Å². The van der Waals surface area contributed by atoms with Crippen LogP contribution in [0.5, 0.6) is 5.75 Å². The Bertz CT molecular complexity index is 1040. The maximum absolute atomic E-state index is 12.2. The van der Waals surface area contributed by atoms with Crippen molar-refractivity contribution in [2.24, 2.45) is 0 Å². The number of fused-ring (bicyclic) bond motifs is 1. The van der Waals surface area contributed by atoms with Crippen molar-refractivity contribution in [2.75, 3.05) is 13.6 Å². The first-order chi connectivity index (χ1) is 14.3. The number of ether oxygens (including phenoxy) is 1. The molecule has 3 rings (SSSR count). The summed E-state index contributed by atoms with van der Waals surface area (Å²) in [6.45, 7) is 5.42. The Morgan fingerprint density at radius 3 is 2.43 bits per heavy atom. The van der Waals surface area contributed by atoms with Gasteiger partial charge in [-0.05, 0) is 62.7 Å². The van der Waals surface area contributed by atoms with Gasteiger partial charge in [-0.15, -0.1) is 0 Å². The highest BCUT2D eigenvalue weighted by atomic mass is 19.3. The second-order valence-electron chi connectivity index (χ2n) is 7.67. The smallest absolute Gasteiger partial charge is 0.339 e. The molecule has 3 aromatic rings. The van der Waals surface area contributed by atoms with Gasteiger partial charge in [0.25, 0.3) is 0 Å². The van der Waals surface area contributed by atoms with Crippen LogP contribution in [0.2, 0.25) is 0 Å². The van der Waals surface area contributed by atoms with Crippen molar-refractivity contribution in [1.29, 1.82) is 0 Å². The molecule has 6 heteroatoms. The molecule has 4 nitrogen and oxygen atoms in total. The molecule has 1 heterocycles. The van der Waals surface area contributed by atoms with Gasteiger partial charge in [0.1, 0.15) is 17.9 Å². The zero-order chi connectivity index (χ0) is 21.7.